The second kappa shape index (κ2) is 9.37. The van der Waals surface area contributed by atoms with Crippen molar-refractivity contribution in [2.24, 2.45) is 11.8 Å². The van der Waals surface area contributed by atoms with Crippen LogP contribution >= 0.6 is 0 Å². The summed E-state index contributed by atoms with van der Waals surface area (Å²) in [5.74, 6) is 1.15. The van der Waals surface area contributed by atoms with Crippen LogP contribution in [0.4, 0.5) is 0 Å². The van der Waals surface area contributed by atoms with Gasteiger partial charge in [-0.3, -0.25) is 4.79 Å². The van der Waals surface area contributed by atoms with Crippen molar-refractivity contribution >= 4 is 5.78 Å². The molecule has 2 fully saturated rings. The van der Waals surface area contributed by atoms with Crippen LogP contribution in [-0.4, -0.2) is 79.3 Å². The Morgan fingerprint density at radius 3 is 2.40 bits per heavy atom. The van der Waals surface area contributed by atoms with Crippen molar-refractivity contribution in [3.8, 4) is 11.5 Å². The van der Waals surface area contributed by atoms with E-state index in [1.165, 1.54) is 6.26 Å². The molecule has 1 aromatic rings. The van der Waals surface area contributed by atoms with Gasteiger partial charge in [0.15, 0.2) is 0 Å². The van der Waals surface area contributed by atoms with E-state index in [1.807, 2.05) is 0 Å². The average molecular weight is 417 g/mol. The molecule has 4 atom stereocenters. The number of benzene rings is 1. The van der Waals surface area contributed by atoms with E-state index in [9.17, 15) is 9.90 Å². The summed E-state index contributed by atoms with van der Waals surface area (Å²) in [6, 6.07) is 7.11. The first-order valence-electron chi connectivity index (χ1n) is 10.9. The number of hydrogen-bond donors (Lipinski definition) is 1. The maximum atomic E-state index is 13.1. The van der Waals surface area contributed by atoms with E-state index in [-0.39, 0.29) is 29.5 Å². The summed E-state index contributed by atoms with van der Waals surface area (Å²) in [6.07, 6.45) is 1.93. The molecule has 1 saturated carbocycles. The topological polar surface area (TPSA) is 71.5 Å². The maximum Gasteiger partial charge on any atom is 0.208 e. The predicted molar refractivity (Wildman–Crippen MR) is 112 cm³/mol. The van der Waals surface area contributed by atoms with Gasteiger partial charge in [0, 0.05) is 38.6 Å². The summed E-state index contributed by atoms with van der Waals surface area (Å²) < 4.78 is 17.0. The van der Waals surface area contributed by atoms with E-state index in [4.69, 9.17) is 14.2 Å². The van der Waals surface area contributed by atoms with Crippen LogP contribution in [-0.2, 0) is 9.53 Å². The van der Waals surface area contributed by atoms with Gasteiger partial charge in [-0.1, -0.05) is 6.92 Å². The Labute approximate surface area is 178 Å². The Morgan fingerprint density at radius 1 is 1.07 bits per heavy atom. The lowest BCUT2D eigenvalue weighted by Crippen LogP contribution is -2.55. The minimum absolute atomic E-state index is 0.0326. The van der Waals surface area contributed by atoms with Crippen molar-refractivity contribution in [1.82, 2.24) is 9.80 Å². The molecule has 1 aliphatic carbocycles. The highest BCUT2D eigenvalue weighted by molar-refractivity contribution is 5.96. The average Bonchev–Trinajstić information content (AvgIpc) is 2.78. The van der Waals surface area contributed by atoms with Crippen molar-refractivity contribution < 1.29 is 24.1 Å². The molecule has 7 nitrogen and oxygen atoms in total. The largest absolute Gasteiger partial charge is 0.497 e. The Balaban J connectivity index is 1.42. The molecule has 0 bridgehead atoms. The van der Waals surface area contributed by atoms with Crippen molar-refractivity contribution in [2.45, 2.75) is 32.0 Å². The molecule has 1 saturated heterocycles. The molecule has 0 aromatic heterocycles. The Kier molecular flexibility index (Phi) is 6.61. The fraction of sp³-hybridized carbons (Fsp3) is 0.609. The summed E-state index contributed by atoms with van der Waals surface area (Å²) in [6.45, 7) is 8.10. The molecule has 3 aliphatic rings. The van der Waals surface area contributed by atoms with E-state index < -0.39 is 6.10 Å². The molecule has 0 radical (unpaired) electrons. The smallest absolute Gasteiger partial charge is 0.208 e. The van der Waals surface area contributed by atoms with Crippen molar-refractivity contribution in [2.75, 3.05) is 46.4 Å². The fourth-order valence-electron chi connectivity index (χ4n) is 4.76. The summed E-state index contributed by atoms with van der Waals surface area (Å²) in [4.78, 5) is 17.9. The molecule has 1 aromatic carbocycles. The van der Waals surface area contributed by atoms with E-state index in [0.29, 0.717) is 18.6 Å². The number of carbonyl (C=O) groups is 1. The lowest BCUT2D eigenvalue weighted by molar-refractivity contribution is -0.140. The zero-order valence-electron chi connectivity index (χ0n) is 17.8. The van der Waals surface area contributed by atoms with Gasteiger partial charge in [0.05, 0.1) is 19.1 Å². The van der Waals surface area contributed by atoms with Crippen LogP contribution in [0.2, 0.25) is 0 Å². The molecular formula is C23H32N2O5. The third-order valence-corrected chi connectivity index (χ3v) is 6.67. The van der Waals surface area contributed by atoms with Crippen molar-refractivity contribution in [3.63, 3.8) is 0 Å². The number of nitrogens with zero attached hydrogens (tertiary/aromatic N) is 2. The summed E-state index contributed by atoms with van der Waals surface area (Å²) in [5.41, 5.74) is 0. The van der Waals surface area contributed by atoms with Gasteiger partial charge in [0.25, 0.3) is 0 Å². The number of piperazine rings is 1. The monoisotopic (exact) mass is 416 g/mol. The molecule has 164 valence electrons. The second-order valence-corrected chi connectivity index (χ2v) is 8.37. The number of methoxy groups -OCH3 is 1. The van der Waals surface area contributed by atoms with Crippen LogP contribution in [0.25, 0.3) is 0 Å². The molecule has 30 heavy (non-hydrogen) atoms. The third-order valence-electron chi connectivity index (χ3n) is 6.67. The quantitative estimate of drug-likeness (QED) is 0.760. The van der Waals surface area contributed by atoms with Gasteiger partial charge in [-0.15, -0.1) is 0 Å². The maximum absolute atomic E-state index is 13.1. The van der Waals surface area contributed by atoms with Crippen LogP contribution in [0.3, 0.4) is 0 Å². The first kappa shape index (κ1) is 21.2. The normalized spacial score (nSPS) is 30.2. The number of Topliss-reactive ketones (excluding diaryl/α,β-unsaturated/α-hetero) is 1. The summed E-state index contributed by atoms with van der Waals surface area (Å²) in [7, 11) is 1.61. The number of likely N-dealkylation sites (N-methyl/N-ethyl adjacent to an activating group) is 1. The van der Waals surface area contributed by atoms with Crippen LogP contribution in [0.5, 0.6) is 11.5 Å². The molecule has 1 N–H and O–H groups in total. The highest BCUT2D eigenvalue weighted by atomic mass is 16.5. The number of aliphatic hydroxyl groups is 1. The molecule has 2 heterocycles. The molecule has 4 unspecified atom stereocenters. The van der Waals surface area contributed by atoms with Crippen molar-refractivity contribution in [3.05, 3.63) is 36.3 Å². The number of allylic oxidation sites excluding steroid dienone is 1. The first-order valence-corrected chi connectivity index (χ1v) is 10.9. The number of ether oxygens (including phenoxy) is 3. The zero-order chi connectivity index (χ0) is 21.1. The van der Waals surface area contributed by atoms with Gasteiger partial charge in [-0.05, 0) is 43.7 Å². The third kappa shape index (κ3) is 4.48. The molecule has 0 amide bonds. The van der Waals surface area contributed by atoms with Crippen LogP contribution in [0, 0.1) is 11.8 Å². The lowest BCUT2D eigenvalue weighted by Gasteiger charge is -2.44. The Bertz CT molecular complexity index is 757. The predicted octanol–water partition coefficient (Wildman–Crippen LogP) is 1.91. The van der Waals surface area contributed by atoms with Crippen LogP contribution < -0.4 is 9.47 Å². The second-order valence-electron chi connectivity index (χ2n) is 8.37. The molecule has 0 spiro atoms. The number of hydrogen-bond acceptors (Lipinski definition) is 7. The number of fused-ring (bicyclic) bond motifs is 1. The molecule has 4 rings (SSSR count). The number of rotatable bonds is 6. The van der Waals surface area contributed by atoms with Gasteiger partial charge in [-0.25, -0.2) is 0 Å². The van der Waals surface area contributed by atoms with E-state index in [0.717, 1.165) is 45.0 Å². The lowest BCUT2D eigenvalue weighted by atomic mass is 9.73. The summed E-state index contributed by atoms with van der Waals surface area (Å²) in [5, 5.41) is 10.7. The highest BCUT2D eigenvalue weighted by Gasteiger charge is 2.47. The number of ketones is 1. The highest BCUT2D eigenvalue weighted by Crippen LogP contribution is 2.38. The Morgan fingerprint density at radius 2 is 1.73 bits per heavy atom. The molecule has 2 aliphatic heterocycles. The fourth-order valence-corrected chi connectivity index (χ4v) is 4.76. The number of aliphatic hydroxyl groups excluding tert-OH is 1. The standard InChI is InChI=1S/C23H32N2O5/c1-3-24-10-12-25(13-11-24)14-19-20(26)9-8-18-22(27)21(15-29-23(18)19)30-17-6-4-16(28-2)5-7-17/h4-7,15,18-20,23,26H,3,8-14H2,1-2H3. The SMILES string of the molecule is CCN1CCN(CC2C(O)CCC3C(=O)C(Oc4ccc(OC)cc4)=COC32)CC1. The van der Waals surface area contributed by atoms with Gasteiger partial charge in [0.1, 0.15) is 23.9 Å². The van der Waals surface area contributed by atoms with Gasteiger partial charge in [0.2, 0.25) is 11.5 Å². The van der Waals surface area contributed by atoms with Crippen LogP contribution in [0.1, 0.15) is 19.8 Å². The van der Waals surface area contributed by atoms with E-state index >= 15 is 0 Å². The van der Waals surface area contributed by atoms with Gasteiger partial charge >= 0.3 is 0 Å². The minimum Gasteiger partial charge on any atom is -0.497 e. The molecule has 7 heteroatoms. The van der Waals surface area contributed by atoms with Crippen LogP contribution in [0.15, 0.2) is 36.3 Å². The van der Waals surface area contributed by atoms with Crippen molar-refractivity contribution in [1.29, 1.82) is 0 Å². The minimum atomic E-state index is -0.444. The Hall–Kier alpha value is -2.09. The van der Waals surface area contributed by atoms with E-state index in [1.54, 1.807) is 31.4 Å². The van der Waals surface area contributed by atoms with Gasteiger partial charge in [-0.2, -0.15) is 0 Å². The first-order chi connectivity index (χ1) is 14.6. The van der Waals surface area contributed by atoms with Gasteiger partial charge < -0.3 is 29.1 Å². The zero-order valence-corrected chi connectivity index (χ0v) is 17.8. The van der Waals surface area contributed by atoms with E-state index in [2.05, 4.69) is 16.7 Å². The summed E-state index contributed by atoms with van der Waals surface area (Å²) >= 11 is 0. The number of carbonyl (C=O) groups excluding carboxylic acids is 1. The molecular weight excluding hydrogens is 384 g/mol.